The molecule has 1 aliphatic heterocycles. The molecular formula is C14H27NO2. The van der Waals surface area contributed by atoms with Gasteiger partial charge >= 0.3 is 0 Å². The summed E-state index contributed by atoms with van der Waals surface area (Å²) in [5.41, 5.74) is -0.677. The maximum atomic E-state index is 11.9. The molecule has 1 fully saturated rings. The summed E-state index contributed by atoms with van der Waals surface area (Å²) in [6.07, 6.45) is 3.46. The molecular weight excluding hydrogens is 214 g/mol. The van der Waals surface area contributed by atoms with Gasteiger partial charge in [0, 0.05) is 19.5 Å². The Hall–Kier alpha value is -0.570. The van der Waals surface area contributed by atoms with Crippen LogP contribution in [0.1, 0.15) is 53.4 Å². The predicted octanol–water partition coefficient (Wildman–Crippen LogP) is 2.43. The van der Waals surface area contributed by atoms with Gasteiger partial charge in [-0.1, -0.05) is 13.8 Å². The van der Waals surface area contributed by atoms with Gasteiger partial charge in [0.15, 0.2) is 0 Å². The molecule has 0 aromatic heterocycles. The first-order chi connectivity index (χ1) is 7.79. The summed E-state index contributed by atoms with van der Waals surface area (Å²) < 4.78 is 0. The molecule has 1 N–H and O–H groups in total. The Morgan fingerprint density at radius 2 is 2.06 bits per heavy atom. The van der Waals surface area contributed by atoms with Crippen molar-refractivity contribution in [2.75, 3.05) is 13.1 Å². The number of hydrogen-bond donors (Lipinski definition) is 1. The standard InChI is InChI=1S/C14H27NO2/c1-11(2)12-5-6-13(16)15(9-7-12)10-8-14(3,4)17/h11-12,17H,5-10H2,1-4H3. The Balaban J connectivity index is 2.48. The second-order valence-electron chi connectivity index (χ2n) is 6.27. The van der Waals surface area contributed by atoms with Crippen molar-refractivity contribution in [1.82, 2.24) is 4.90 Å². The van der Waals surface area contributed by atoms with Gasteiger partial charge in [-0.15, -0.1) is 0 Å². The van der Waals surface area contributed by atoms with E-state index in [0.717, 1.165) is 19.4 Å². The molecule has 1 amide bonds. The molecule has 1 heterocycles. The lowest BCUT2D eigenvalue weighted by atomic mass is 9.89. The molecule has 1 atom stereocenters. The molecule has 100 valence electrons. The van der Waals surface area contributed by atoms with Gasteiger partial charge in [-0.25, -0.2) is 0 Å². The fourth-order valence-electron chi connectivity index (χ4n) is 2.37. The molecule has 0 aromatic rings. The molecule has 1 aliphatic rings. The van der Waals surface area contributed by atoms with E-state index in [1.165, 1.54) is 0 Å². The first-order valence-electron chi connectivity index (χ1n) is 6.80. The predicted molar refractivity (Wildman–Crippen MR) is 69.7 cm³/mol. The molecule has 3 nitrogen and oxygen atoms in total. The quantitative estimate of drug-likeness (QED) is 0.821. The van der Waals surface area contributed by atoms with Crippen molar-refractivity contribution in [3.05, 3.63) is 0 Å². The second-order valence-corrected chi connectivity index (χ2v) is 6.27. The van der Waals surface area contributed by atoms with E-state index in [0.29, 0.717) is 31.2 Å². The number of carbonyl (C=O) groups is 1. The molecule has 1 saturated heterocycles. The minimum atomic E-state index is -0.677. The third-order valence-electron chi connectivity index (χ3n) is 3.79. The molecule has 17 heavy (non-hydrogen) atoms. The van der Waals surface area contributed by atoms with Crippen LogP contribution in [0.2, 0.25) is 0 Å². The average Bonchev–Trinajstić information content (AvgIpc) is 2.36. The summed E-state index contributed by atoms with van der Waals surface area (Å²) in [4.78, 5) is 13.9. The van der Waals surface area contributed by atoms with Gasteiger partial charge in [0.1, 0.15) is 0 Å². The van der Waals surface area contributed by atoms with E-state index in [4.69, 9.17) is 0 Å². The average molecular weight is 241 g/mol. The van der Waals surface area contributed by atoms with Crippen LogP contribution in [-0.4, -0.2) is 34.6 Å². The fraction of sp³-hybridized carbons (Fsp3) is 0.929. The van der Waals surface area contributed by atoms with Gasteiger partial charge in [-0.3, -0.25) is 4.79 Å². The van der Waals surface area contributed by atoms with Crippen LogP contribution in [0, 0.1) is 11.8 Å². The summed E-state index contributed by atoms with van der Waals surface area (Å²) >= 11 is 0. The highest BCUT2D eigenvalue weighted by molar-refractivity contribution is 5.76. The van der Waals surface area contributed by atoms with Crippen molar-refractivity contribution < 1.29 is 9.90 Å². The first-order valence-corrected chi connectivity index (χ1v) is 6.80. The number of aliphatic hydroxyl groups is 1. The van der Waals surface area contributed by atoms with E-state index >= 15 is 0 Å². The van der Waals surface area contributed by atoms with Crippen LogP contribution in [0.5, 0.6) is 0 Å². The molecule has 0 aromatic carbocycles. The van der Waals surface area contributed by atoms with E-state index in [2.05, 4.69) is 13.8 Å². The van der Waals surface area contributed by atoms with Crippen LogP contribution < -0.4 is 0 Å². The Bertz CT molecular complexity index is 255. The Morgan fingerprint density at radius 3 is 2.59 bits per heavy atom. The molecule has 3 heteroatoms. The van der Waals surface area contributed by atoms with Crippen LogP contribution in [0.15, 0.2) is 0 Å². The van der Waals surface area contributed by atoms with Crippen LogP contribution in [0.4, 0.5) is 0 Å². The van der Waals surface area contributed by atoms with Crippen LogP contribution in [0.3, 0.4) is 0 Å². The third-order valence-corrected chi connectivity index (χ3v) is 3.79. The van der Waals surface area contributed by atoms with Gasteiger partial charge in [0.05, 0.1) is 5.60 Å². The summed E-state index contributed by atoms with van der Waals surface area (Å²) in [7, 11) is 0. The van der Waals surface area contributed by atoms with E-state index in [1.54, 1.807) is 13.8 Å². The van der Waals surface area contributed by atoms with Crippen molar-refractivity contribution in [1.29, 1.82) is 0 Å². The van der Waals surface area contributed by atoms with Crippen molar-refractivity contribution in [3.63, 3.8) is 0 Å². The van der Waals surface area contributed by atoms with Crippen LogP contribution >= 0.6 is 0 Å². The normalized spacial score (nSPS) is 23.1. The molecule has 0 aliphatic carbocycles. The van der Waals surface area contributed by atoms with Crippen LogP contribution in [-0.2, 0) is 4.79 Å². The summed E-state index contributed by atoms with van der Waals surface area (Å²) in [5.74, 6) is 1.60. The summed E-state index contributed by atoms with van der Waals surface area (Å²) in [6, 6.07) is 0. The van der Waals surface area contributed by atoms with Crippen molar-refractivity contribution in [3.8, 4) is 0 Å². The molecule has 1 unspecified atom stereocenters. The van der Waals surface area contributed by atoms with Gasteiger partial charge in [-0.2, -0.15) is 0 Å². The monoisotopic (exact) mass is 241 g/mol. The molecule has 0 bridgehead atoms. The number of rotatable bonds is 4. The van der Waals surface area contributed by atoms with Crippen molar-refractivity contribution in [2.24, 2.45) is 11.8 Å². The Labute approximate surface area is 105 Å². The van der Waals surface area contributed by atoms with E-state index in [-0.39, 0.29) is 5.91 Å². The van der Waals surface area contributed by atoms with E-state index in [9.17, 15) is 9.90 Å². The number of likely N-dealkylation sites (tertiary alicyclic amines) is 1. The number of hydrogen-bond acceptors (Lipinski definition) is 2. The minimum absolute atomic E-state index is 0.261. The highest BCUT2D eigenvalue weighted by Crippen LogP contribution is 2.25. The Morgan fingerprint density at radius 1 is 1.41 bits per heavy atom. The Kier molecular flexibility index (Phi) is 4.99. The lowest BCUT2D eigenvalue weighted by Crippen LogP contribution is -2.35. The zero-order chi connectivity index (χ0) is 13.1. The highest BCUT2D eigenvalue weighted by Gasteiger charge is 2.25. The maximum Gasteiger partial charge on any atom is 0.222 e. The largest absolute Gasteiger partial charge is 0.390 e. The van der Waals surface area contributed by atoms with Gasteiger partial charge < -0.3 is 10.0 Å². The number of nitrogens with zero attached hydrogens (tertiary/aromatic N) is 1. The zero-order valence-corrected chi connectivity index (χ0v) is 11.7. The lowest BCUT2D eigenvalue weighted by molar-refractivity contribution is -0.131. The van der Waals surface area contributed by atoms with Crippen LogP contribution in [0.25, 0.3) is 0 Å². The lowest BCUT2D eigenvalue weighted by Gasteiger charge is -2.25. The van der Waals surface area contributed by atoms with Gasteiger partial charge in [0.2, 0.25) is 5.91 Å². The van der Waals surface area contributed by atoms with Gasteiger partial charge in [0.25, 0.3) is 0 Å². The van der Waals surface area contributed by atoms with E-state index < -0.39 is 5.60 Å². The second kappa shape index (κ2) is 5.85. The van der Waals surface area contributed by atoms with Crippen molar-refractivity contribution in [2.45, 2.75) is 59.0 Å². The fourth-order valence-corrected chi connectivity index (χ4v) is 2.37. The topological polar surface area (TPSA) is 40.5 Å². The molecule has 0 radical (unpaired) electrons. The molecule has 0 spiro atoms. The smallest absolute Gasteiger partial charge is 0.222 e. The van der Waals surface area contributed by atoms with Crippen molar-refractivity contribution >= 4 is 5.91 Å². The molecule has 0 saturated carbocycles. The first kappa shape index (κ1) is 14.5. The van der Waals surface area contributed by atoms with Gasteiger partial charge in [-0.05, 0) is 44.9 Å². The number of amides is 1. The molecule has 1 rings (SSSR count). The minimum Gasteiger partial charge on any atom is -0.390 e. The highest BCUT2D eigenvalue weighted by atomic mass is 16.3. The summed E-state index contributed by atoms with van der Waals surface area (Å²) in [5, 5.41) is 9.71. The SMILES string of the molecule is CC(C)C1CCC(=O)N(CCC(C)(C)O)CC1. The summed E-state index contributed by atoms with van der Waals surface area (Å²) in [6.45, 7) is 9.62. The third kappa shape index (κ3) is 5.07. The van der Waals surface area contributed by atoms with E-state index in [1.807, 2.05) is 4.90 Å². The zero-order valence-electron chi connectivity index (χ0n) is 11.7. The maximum absolute atomic E-state index is 11.9. The number of carbonyl (C=O) groups excluding carboxylic acids is 1.